The van der Waals surface area contributed by atoms with Gasteiger partial charge in [-0.25, -0.2) is 9.37 Å². The molecule has 7 nitrogen and oxygen atoms in total. The van der Waals surface area contributed by atoms with E-state index in [2.05, 4.69) is 15.4 Å². The van der Waals surface area contributed by atoms with Gasteiger partial charge in [0.2, 0.25) is 0 Å². The first-order valence-electron chi connectivity index (χ1n) is 10.5. The number of rotatable bonds is 6. The topological polar surface area (TPSA) is 106 Å². The van der Waals surface area contributed by atoms with Crippen molar-refractivity contribution in [3.05, 3.63) is 88.6 Å². The van der Waals surface area contributed by atoms with Gasteiger partial charge in [0.1, 0.15) is 11.5 Å². The highest BCUT2D eigenvalue weighted by Crippen LogP contribution is 2.39. The number of fused-ring (bicyclic) bond motifs is 1. The Hall–Kier alpha value is -3.99. The molecule has 4 N–H and O–H groups in total. The molecule has 0 bridgehead atoms. The number of alkyl halides is 3. The van der Waals surface area contributed by atoms with Crippen LogP contribution in [-0.4, -0.2) is 25.8 Å². The maximum Gasteiger partial charge on any atom is 0.437 e. The minimum atomic E-state index is -4.82. The SMILES string of the molecule is Cc1c(NC(O)c2cc(C(N)=O)nc3cc(F)ccc23)c(C(F)(F)F)nn1[C@H](C)c1ccccc1. The fourth-order valence-corrected chi connectivity index (χ4v) is 3.94. The van der Waals surface area contributed by atoms with Gasteiger partial charge >= 0.3 is 6.18 Å². The second-order valence-electron chi connectivity index (χ2n) is 8.01. The number of carbonyl (C=O) groups excluding carboxylic acids is 1. The fraction of sp³-hybridized carbons (Fsp3) is 0.208. The highest BCUT2D eigenvalue weighted by molar-refractivity contribution is 5.95. The van der Waals surface area contributed by atoms with E-state index in [0.29, 0.717) is 0 Å². The third-order valence-corrected chi connectivity index (χ3v) is 5.70. The lowest BCUT2D eigenvalue weighted by Crippen LogP contribution is -2.18. The van der Waals surface area contributed by atoms with E-state index in [-0.39, 0.29) is 27.9 Å². The molecule has 11 heteroatoms. The maximum atomic E-state index is 13.9. The van der Waals surface area contributed by atoms with Crippen molar-refractivity contribution in [2.24, 2.45) is 5.73 Å². The van der Waals surface area contributed by atoms with E-state index in [1.807, 2.05) is 0 Å². The number of hydrogen-bond acceptors (Lipinski definition) is 5. The molecule has 0 aliphatic rings. The zero-order valence-corrected chi connectivity index (χ0v) is 18.6. The van der Waals surface area contributed by atoms with Crippen LogP contribution in [0.4, 0.5) is 23.2 Å². The average molecular weight is 487 g/mol. The van der Waals surface area contributed by atoms with Crippen LogP contribution in [0.15, 0.2) is 54.6 Å². The summed E-state index contributed by atoms with van der Waals surface area (Å²) in [5, 5.41) is 17.5. The van der Waals surface area contributed by atoms with Crippen LogP contribution in [0.2, 0.25) is 0 Å². The summed E-state index contributed by atoms with van der Waals surface area (Å²) in [5.41, 5.74) is 4.27. The smallest absolute Gasteiger partial charge is 0.369 e. The van der Waals surface area contributed by atoms with E-state index in [9.17, 15) is 27.5 Å². The lowest BCUT2D eigenvalue weighted by Gasteiger charge is -2.19. The summed E-state index contributed by atoms with van der Waals surface area (Å²) in [6, 6.07) is 12.9. The number of carbonyl (C=O) groups is 1. The second-order valence-corrected chi connectivity index (χ2v) is 8.01. The number of aliphatic hydroxyl groups excluding tert-OH is 1. The van der Waals surface area contributed by atoms with Crippen LogP contribution >= 0.6 is 0 Å². The van der Waals surface area contributed by atoms with Gasteiger partial charge in [-0.3, -0.25) is 9.48 Å². The van der Waals surface area contributed by atoms with Gasteiger partial charge in [0.15, 0.2) is 11.9 Å². The van der Waals surface area contributed by atoms with Crippen molar-refractivity contribution in [1.82, 2.24) is 14.8 Å². The van der Waals surface area contributed by atoms with Gasteiger partial charge in [-0.1, -0.05) is 30.3 Å². The Balaban J connectivity index is 1.81. The molecule has 2 aromatic heterocycles. The minimum absolute atomic E-state index is 0.000169. The normalized spacial score (nSPS) is 13.6. The molecule has 182 valence electrons. The first-order valence-corrected chi connectivity index (χ1v) is 10.5. The molecule has 0 radical (unpaired) electrons. The van der Waals surface area contributed by atoms with Crippen LogP contribution in [-0.2, 0) is 6.18 Å². The summed E-state index contributed by atoms with van der Waals surface area (Å²) < 4.78 is 56.7. The first kappa shape index (κ1) is 24.1. The van der Waals surface area contributed by atoms with Crippen molar-refractivity contribution < 1.29 is 27.5 Å². The number of nitrogens with zero attached hydrogens (tertiary/aromatic N) is 3. The molecular formula is C24H21F4N5O2. The Morgan fingerprint density at radius 2 is 1.83 bits per heavy atom. The van der Waals surface area contributed by atoms with Crippen LogP contribution in [0.1, 0.15) is 52.2 Å². The van der Waals surface area contributed by atoms with E-state index in [0.717, 1.165) is 23.8 Å². The van der Waals surface area contributed by atoms with Gasteiger partial charge in [-0.2, -0.15) is 18.3 Å². The van der Waals surface area contributed by atoms with E-state index in [4.69, 9.17) is 5.73 Å². The van der Waals surface area contributed by atoms with Crippen molar-refractivity contribution in [1.29, 1.82) is 0 Å². The molecule has 0 saturated carbocycles. The van der Waals surface area contributed by atoms with Crippen molar-refractivity contribution in [3.63, 3.8) is 0 Å². The number of primary amides is 1. The molecule has 2 aromatic carbocycles. The van der Waals surface area contributed by atoms with Gasteiger partial charge in [0.25, 0.3) is 5.91 Å². The van der Waals surface area contributed by atoms with Crippen LogP contribution in [0, 0.1) is 12.7 Å². The maximum absolute atomic E-state index is 13.9. The number of halogens is 4. The number of aromatic nitrogens is 3. The van der Waals surface area contributed by atoms with E-state index >= 15 is 0 Å². The Kier molecular flexibility index (Phi) is 6.20. The van der Waals surface area contributed by atoms with E-state index < -0.39 is 41.6 Å². The largest absolute Gasteiger partial charge is 0.437 e. The first-order chi connectivity index (χ1) is 16.5. The summed E-state index contributed by atoms with van der Waals surface area (Å²) in [6.45, 7) is 3.16. The molecule has 0 aliphatic heterocycles. The number of nitrogens with two attached hydrogens (primary N) is 1. The zero-order valence-electron chi connectivity index (χ0n) is 18.6. The average Bonchev–Trinajstić information content (AvgIpc) is 3.14. The predicted octanol–water partition coefficient (Wildman–Crippen LogP) is 4.71. The predicted molar refractivity (Wildman–Crippen MR) is 121 cm³/mol. The van der Waals surface area contributed by atoms with Crippen molar-refractivity contribution >= 4 is 22.5 Å². The summed E-state index contributed by atoms with van der Waals surface area (Å²) >= 11 is 0. The van der Waals surface area contributed by atoms with Crippen molar-refractivity contribution in [2.45, 2.75) is 32.3 Å². The van der Waals surface area contributed by atoms with Crippen LogP contribution < -0.4 is 11.1 Å². The lowest BCUT2D eigenvalue weighted by atomic mass is 10.1. The second kappa shape index (κ2) is 8.99. The van der Waals surface area contributed by atoms with E-state index in [1.54, 1.807) is 37.3 Å². The molecule has 1 unspecified atom stereocenters. The minimum Gasteiger partial charge on any atom is -0.369 e. The monoisotopic (exact) mass is 487 g/mol. The van der Waals surface area contributed by atoms with Gasteiger partial charge in [-0.05, 0) is 37.6 Å². The summed E-state index contributed by atoms with van der Waals surface area (Å²) in [7, 11) is 0. The number of aliphatic hydroxyl groups is 1. The molecule has 35 heavy (non-hydrogen) atoms. The summed E-state index contributed by atoms with van der Waals surface area (Å²) in [6.07, 6.45) is -6.55. The molecule has 2 heterocycles. The molecule has 2 atom stereocenters. The number of anilines is 1. The molecule has 4 aromatic rings. The number of amides is 1. The van der Waals surface area contributed by atoms with Crippen LogP contribution in [0.25, 0.3) is 10.9 Å². The lowest BCUT2D eigenvalue weighted by molar-refractivity contribution is -0.141. The standard InChI is InChI=1S/C24H21F4N5O2/c1-12(14-6-4-3-5-7-14)33-13(2)20(21(32-33)24(26,27)28)31-23(35)17-11-19(22(29)34)30-18-10-15(25)8-9-16(17)18/h3-12,23,31,35H,1-2H3,(H2,29,34)/t12-,23?/m1/s1. The Morgan fingerprint density at radius 3 is 2.46 bits per heavy atom. The fourth-order valence-electron chi connectivity index (χ4n) is 3.94. The number of benzene rings is 2. The highest BCUT2D eigenvalue weighted by atomic mass is 19.4. The molecule has 0 aliphatic carbocycles. The quantitative estimate of drug-likeness (QED) is 0.270. The van der Waals surface area contributed by atoms with Gasteiger partial charge < -0.3 is 16.2 Å². The van der Waals surface area contributed by atoms with Gasteiger partial charge in [-0.15, -0.1) is 0 Å². The molecule has 0 fully saturated rings. The van der Waals surface area contributed by atoms with Gasteiger partial charge in [0.05, 0.1) is 22.9 Å². The van der Waals surface area contributed by atoms with Crippen LogP contribution in [0.3, 0.4) is 0 Å². The number of hydrogen-bond donors (Lipinski definition) is 3. The van der Waals surface area contributed by atoms with Crippen molar-refractivity contribution in [2.75, 3.05) is 5.32 Å². The number of pyridine rings is 1. The summed E-state index contributed by atoms with van der Waals surface area (Å²) in [5.74, 6) is -1.59. The number of nitrogens with one attached hydrogen (secondary N) is 1. The molecular weight excluding hydrogens is 466 g/mol. The Labute approximate surface area is 197 Å². The van der Waals surface area contributed by atoms with Crippen LogP contribution in [0.5, 0.6) is 0 Å². The molecule has 4 rings (SSSR count). The Bertz CT molecular complexity index is 1400. The van der Waals surface area contributed by atoms with Gasteiger partial charge in [0, 0.05) is 17.0 Å². The molecule has 0 spiro atoms. The molecule has 1 amide bonds. The highest BCUT2D eigenvalue weighted by Gasteiger charge is 2.40. The third kappa shape index (κ3) is 4.67. The van der Waals surface area contributed by atoms with Crippen molar-refractivity contribution in [3.8, 4) is 0 Å². The molecule has 0 saturated heterocycles. The Morgan fingerprint density at radius 1 is 1.14 bits per heavy atom. The zero-order chi connectivity index (χ0) is 25.5. The van der Waals surface area contributed by atoms with E-state index in [1.165, 1.54) is 17.7 Å². The summed E-state index contributed by atoms with van der Waals surface area (Å²) in [4.78, 5) is 15.7. The third-order valence-electron chi connectivity index (χ3n) is 5.70.